The molecule has 2 heterocycles. The Kier molecular flexibility index (Phi) is 6.55. The number of carbonyl (C=O) groups is 4. The molecule has 10 heteroatoms. The number of hydrogen-bond acceptors (Lipinski definition) is 8. The topological polar surface area (TPSA) is 120 Å². The van der Waals surface area contributed by atoms with Crippen LogP contribution in [0.15, 0.2) is 60.7 Å². The smallest absolute Gasteiger partial charge is 0.408 e. The van der Waals surface area contributed by atoms with E-state index in [9.17, 15) is 19.2 Å². The van der Waals surface area contributed by atoms with E-state index in [1.54, 1.807) is 36.4 Å². The number of nitrogens with zero attached hydrogens (tertiary/aromatic N) is 1. The minimum absolute atomic E-state index is 0.0194. The van der Waals surface area contributed by atoms with Crippen molar-refractivity contribution < 1.29 is 38.2 Å². The molecule has 2 aromatic carbocycles. The molecule has 0 saturated carbocycles. The standard InChI is InChI=1S/C23H22N2O8/c26-19-11-12-23(33-19,21(28)30-13-16-7-3-1-4-8-16)25-20(27)18(15-32-25)24-22(29)31-14-17-9-5-2-6-10-17/h1-10,18H,11-15H2,(H,24,29)/t18-,23?/m0/s1. The van der Waals surface area contributed by atoms with E-state index in [1.165, 1.54) is 0 Å². The molecule has 0 aliphatic carbocycles. The third kappa shape index (κ3) is 4.96. The Morgan fingerprint density at radius 3 is 2.15 bits per heavy atom. The Morgan fingerprint density at radius 1 is 0.970 bits per heavy atom. The van der Waals surface area contributed by atoms with E-state index >= 15 is 0 Å². The molecule has 2 fully saturated rings. The fraction of sp³-hybridized carbons (Fsp3) is 0.304. The summed E-state index contributed by atoms with van der Waals surface area (Å²) in [6.07, 6.45) is -1.05. The van der Waals surface area contributed by atoms with Crippen LogP contribution in [0, 0.1) is 0 Å². The summed E-state index contributed by atoms with van der Waals surface area (Å²) in [7, 11) is 0. The normalized spacial score (nSPS) is 22.1. The highest BCUT2D eigenvalue weighted by atomic mass is 16.8. The minimum atomic E-state index is -2.05. The summed E-state index contributed by atoms with van der Waals surface area (Å²) in [4.78, 5) is 55.2. The lowest BCUT2D eigenvalue weighted by Gasteiger charge is -2.32. The maximum absolute atomic E-state index is 12.9. The third-order valence-electron chi connectivity index (χ3n) is 5.18. The number of hydrogen-bond donors (Lipinski definition) is 1. The second kappa shape index (κ2) is 9.70. The number of esters is 2. The van der Waals surface area contributed by atoms with Crippen molar-refractivity contribution >= 4 is 23.9 Å². The highest BCUT2D eigenvalue weighted by Gasteiger charge is 2.60. The predicted molar refractivity (Wildman–Crippen MR) is 111 cm³/mol. The number of cyclic esters (lactones) is 1. The van der Waals surface area contributed by atoms with Gasteiger partial charge in [0, 0.05) is 6.42 Å². The van der Waals surface area contributed by atoms with Crippen molar-refractivity contribution in [2.45, 2.75) is 37.8 Å². The van der Waals surface area contributed by atoms with Crippen LogP contribution < -0.4 is 5.32 Å². The third-order valence-corrected chi connectivity index (χ3v) is 5.18. The van der Waals surface area contributed by atoms with Gasteiger partial charge in [0.05, 0.1) is 6.42 Å². The van der Waals surface area contributed by atoms with Gasteiger partial charge in [0.25, 0.3) is 5.91 Å². The molecular formula is C23H22N2O8. The predicted octanol–water partition coefficient (Wildman–Crippen LogP) is 1.83. The summed E-state index contributed by atoms with van der Waals surface area (Å²) < 4.78 is 15.7. The first kappa shape index (κ1) is 22.3. The average molecular weight is 454 g/mol. The lowest BCUT2D eigenvalue weighted by atomic mass is 10.1. The monoisotopic (exact) mass is 454 g/mol. The van der Waals surface area contributed by atoms with Crippen molar-refractivity contribution in [2.24, 2.45) is 0 Å². The number of amides is 2. The molecule has 0 aromatic heterocycles. The van der Waals surface area contributed by atoms with Crippen molar-refractivity contribution in [3.05, 3.63) is 71.8 Å². The van der Waals surface area contributed by atoms with Crippen molar-refractivity contribution in [3.63, 3.8) is 0 Å². The Labute approximate surface area is 189 Å². The van der Waals surface area contributed by atoms with E-state index in [2.05, 4.69) is 5.32 Å². The summed E-state index contributed by atoms with van der Waals surface area (Å²) in [6, 6.07) is 16.8. The van der Waals surface area contributed by atoms with E-state index in [1.807, 2.05) is 24.3 Å². The van der Waals surface area contributed by atoms with E-state index in [0.29, 0.717) is 5.06 Å². The quantitative estimate of drug-likeness (QED) is 0.497. The second-order valence-electron chi connectivity index (χ2n) is 7.51. The van der Waals surface area contributed by atoms with Gasteiger partial charge in [-0.2, -0.15) is 5.06 Å². The van der Waals surface area contributed by atoms with Crippen LogP contribution in [-0.2, 0) is 46.6 Å². The number of hydroxylamine groups is 2. The zero-order valence-electron chi connectivity index (χ0n) is 17.6. The first-order valence-electron chi connectivity index (χ1n) is 10.3. The van der Waals surface area contributed by atoms with Crippen LogP contribution in [0.2, 0.25) is 0 Å². The van der Waals surface area contributed by atoms with Crippen LogP contribution in [-0.4, -0.2) is 47.4 Å². The van der Waals surface area contributed by atoms with Gasteiger partial charge in [0.2, 0.25) is 0 Å². The van der Waals surface area contributed by atoms with Crippen LogP contribution in [0.4, 0.5) is 4.79 Å². The summed E-state index contributed by atoms with van der Waals surface area (Å²) in [5.41, 5.74) is -0.547. The van der Waals surface area contributed by atoms with Crippen LogP contribution in [0.5, 0.6) is 0 Å². The Morgan fingerprint density at radius 2 is 1.58 bits per heavy atom. The molecule has 172 valence electrons. The van der Waals surface area contributed by atoms with Gasteiger partial charge in [-0.25, -0.2) is 9.59 Å². The highest BCUT2D eigenvalue weighted by Crippen LogP contribution is 2.35. The maximum atomic E-state index is 12.9. The number of nitrogens with one attached hydrogen (secondary N) is 1. The average Bonchev–Trinajstić information content (AvgIpc) is 3.41. The second-order valence-corrected chi connectivity index (χ2v) is 7.51. The molecule has 2 aliphatic heterocycles. The lowest BCUT2D eigenvalue weighted by Crippen LogP contribution is -2.57. The zero-order valence-corrected chi connectivity index (χ0v) is 17.6. The van der Waals surface area contributed by atoms with Gasteiger partial charge in [-0.1, -0.05) is 60.7 Å². The molecular weight excluding hydrogens is 432 g/mol. The molecule has 1 unspecified atom stereocenters. The number of alkyl carbamates (subject to hydrolysis) is 1. The Balaban J connectivity index is 1.39. The maximum Gasteiger partial charge on any atom is 0.408 e. The number of ether oxygens (including phenoxy) is 3. The summed E-state index contributed by atoms with van der Waals surface area (Å²) >= 11 is 0. The first-order chi connectivity index (χ1) is 16.0. The molecule has 1 N–H and O–H groups in total. The largest absolute Gasteiger partial charge is 0.456 e. The van der Waals surface area contributed by atoms with E-state index in [0.717, 1.165) is 11.1 Å². The molecule has 10 nitrogen and oxygen atoms in total. The number of carbonyl (C=O) groups excluding carboxylic acids is 4. The van der Waals surface area contributed by atoms with Gasteiger partial charge >= 0.3 is 23.8 Å². The Hall–Kier alpha value is -3.92. The van der Waals surface area contributed by atoms with Crippen molar-refractivity contribution in [1.82, 2.24) is 10.4 Å². The lowest BCUT2D eigenvalue weighted by molar-refractivity contribution is -0.259. The fourth-order valence-corrected chi connectivity index (χ4v) is 3.49. The Bertz CT molecular complexity index is 1030. The minimum Gasteiger partial charge on any atom is -0.456 e. The SMILES string of the molecule is O=C1CCC(C(=O)OCc2ccccc2)(N2OC[C@H](NC(=O)OCc3ccccc3)C2=O)O1. The molecule has 33 heavy (non-hydrogen) atoms. The highest BCUT2D eigenvalue weighted by molar-refractivity contribution is 5.94. The van der Waals surface area contributed by atoms with Gasteiger partial charge in [0.1, 0.15) is 25.9 Å². The van der Waals surface area contributed by atoms with E-state index in [-0.39, 0.29) is 32.7 Å². The van der Waals surface area contributed by atoms with Crippen LogP contribution in [0.3, 0.4) is 0 Å². The molecule has 2 aromatic rings. The number of benzene rings is 2. The molecule has 2 aliphatic rings. The summed E-state index contributed by atoms with van der Waals surface area (Å²) in [6.45, 7) is -0.315. The number of rotatable bonds is 7. The van der Waals surface area contributed by atoms with Gasteiger partial charge in [0.15, 0.2) is 0 Å². The van der Waals surface area contributed by atoms with Crippen LogP contribution in [0.25, 0.3) is 0 Å². The fourth-order valence-electron chi connectivity index (χ4n) is 3.49. The van der Waals surface area contributed by atoms with E-state index < -0.39 is 35.7 Å². The van der Waals surface area contributed by atoms with E-state index in [4.69, 9.17) is 19.0 Å². The van der Waals surface area contributed by atoms with Crippen LogP contribution >= 0.6 is 0 Å². The van der Waals surface area contributed by atoms with Gasteiger partial charge < -0.3 is 19.5 Å². The molecule has 0 radical (unpaired) electrons. The van der Waals surface area contributed by atoms with Crippen molar-refractivity contribution in [1.29, 1.82) is 0 Å². The molecule has 2 atom stereocenters. The molecule has 2 amide bonds. The van der Waals surface area contributed by atoms with Crippen molar-refractivity contribution in [3.8, 4) is 0 Å². The van der Waals surface area contributed by atoms with Crippen LogP contribution in [0.1, 0.15) is 24.0 Å². The molecule has 2 saturated heterocycles. The van der Waals surface area contributed by atoms with Gasteiger partial charge in [-0.15, -0.1) is 0 Å². The van der Waals surface area contributed by atoms with Crippen molar-refractivity contribution in [2.75, 3.05) is 6.61 Å². The molecule has 4 rings (SSSR count). The molecule has 0 spiro atoms. The summed E-state index contributed by atoms with van der Waals surface area (Å²) in [5, 5.41) is 3.10. The molecule has 0 bridgehead atoms. The zero-order chi connectivity index (χ0) is 23.3. The van der Waals surface area contributed by atoms with Gasteiger partial charge in [-0.3, -0.25) is 14.4 Å². The first-order valence-corrected chi connectivity index (χ1v) is 10.3. The summed E-state index contributed by atoms with van der Waals surface area (Å²) in [5.74, 6) is -2.35. The van der Waals surface area contributed by atoms with Gasteiger partial charge in [-0.05, 0) is 11.1 Å².